The Kier molecular flexibility index (Phi) is 7.88. The maximum absolute atomic E-state index is 12.5. The molecule has 1 saturated heterocycles. The summed E-state index contributed by atoms with van der Waals surface area (Å²) in [5.74, 6) is 1.48. The predicted octanol–water partition coefficient (Wildman–Crippen LogP) is 6.67. The molecule has 0 aliphatic carbocycles. The summed E-state index contributed by atoms with van der Waals surface area (Å²) >= 11 is 6.32. The van der Waals surface area contributed by atoms with Gasteiger partial charge < -0.3 is 20.1 Å². The molecule has 38 heavy (non-hydrogen) atoms. The van der Waals surface area contributed by atoms with Crippen LogP contribution in [0.1, 0.15) is 18.4 Å². The van der Waals surface area contributed by atoms with Crippen molar-refractivity contribution in [3.8, 4) is 23.3 Å². The molecule has 2 heterocycles. The first-order chi connectivity index (χ1) is 18.6. The maximum Gasteiger partial charge on any atom is 0.323 e. The number of rotatable bonds is 8. The Hall–Kier alpha value is -4.32. The van der Waals surface area contributed by atoms with Crippen molar-refractivity contribution in [3.63, 3.8) is 0 Å². The third kappa shape index (κ3) is 6.14. The molecule has 192 valence electrons. The number of nitrogens with one attached hydrogen (secondary N) is 2. The van der Waals surface area contributed by atoms with Crippen LogP contribution >= 0.6 is 11.6 Å². The van der Waals surface area contributed by atoms with Crippen LogP contribution in [0.4, 0.5) is 16.2 Å². The number of carbonyl (C=O) groups excluding carboxylic acids is 1. The SMILES string of the molecule is N#Cc1cc2c(Oc3ccc(Cl)c(NC(=O)Nc4ccccc4)c3)ccnc2cc1OCCN1CCCC1. The number of ether oxygens (including phenoxy) is 2. The minimum Gasteiger partial charge on any atom is -0.491 e. The van der Waals surface area contributed by atoms with Gasteiger partial charge in [0.1, 0.15) is 29.9 Å². The summed E-state index contributed by atoms with van der Waals surface area (Å²) in [5, 5.41) is 16.3. The highest BCUT2D eigenvalue weighted by Crippen LogP contribution is 2.35. The average molecular weight is 528 g/mol. The maximum atomic E-state index is 12.5. The number of halogens is 1. The molecular weight excluding hydrogens is 502 g/mol. The Balaban J connectivity index is 1.32. The number of aromatic nitrogens is 1. The Morgan fingerprint density at radius 3 is 2.63 bits per heavy atom. The zero-order valence-corrected chi connectivity index (χ0v) is 21.4. The van der Waals surface area contributed by atoms with Gasteiger partial charge in [-0.05, 0) is 62.3 Å². The number of hydrogen-bond donors (Lipinski definition) is 2. The largest absolute Gasteiger partial charge is 0.491 e. The van der Waals surface area contributed by atoms with E-state index in [9.17, 15) is 10.1 Å². The summed E-state index contributed by atoms with van der Waals surface area (Å²) < 4.78 is 12.1. The van der Waals surface area contributed by atoms with Crippen LogP contribution in [-0.2, 0) is 0 Å². The molecule has 0 radical (unpaired) electrons. The summed E-state index contributed by atoms with van der Waals surface area (Å²) in [4.78, 5) is 19.3. The van der Waals surface area contributed by atoms with Crippen LogP contribution in [-0.4, -0.2) is 42.2 Å². The van der Waals surface area contributed by atoms with Gasteiger partial charge in [0.2, 0.25) is 0 Å². The van der Waals surface area contributed by atoms with Gasteiger partial charge in [-0.3, -0.25) is 9.88 Å². The Labute approximate surface area is 225 Å². The van der Waals surface area contributed by atoms with Crippen LogP contribution in [0.5, 0.6) is 17.2 Å². The van der Waals surface area contributed by atoms with Crippen molar-refractivity contribution in [1.29, 1.82) is 5.26 Å². The molecule has 0 spiro atoms. The van der Waals surface area contributed by atoms with E-state index in [1.807, 2.05) is 18.2 Å². The molecule has 8 nitrogen and oxygen atoms in total. The van der Waals surface area contributed by atoms with Gasteiger partial charge in [0.15, 0.2) is 0 Å². The minimum atomic E-state index is -0.430. The van der Waals surface area contributed by atoms with E-state index in [0.29, 0.717) is 56.7 Å². The number of carbonyl (C=O) groups is 1. The second-order valence-electron chi connectivity index (χ2n) is 8.87. The number of hydrogen-bond acceptors (Lipinski definition) is 6. The van der Waals surface area contributed by atoms with E-state index in [1.165, 1.54) is 12.8 Å². The van der Waals surface area contributed by atoms with Gasteiger partial charge in [0.05, 0.1) is 21.8 Å². The highest BCUT2D eigenvalue weighted by molar-refractivity contribution is 6.33. The van der Waals surface area contributed by atoms with Crippen molar-refractivity contribution >= 4 is 39.9 Å². The van der Waals surface area contributed by atoms with E-state index >= 15 is 0 Å². The van der Waals surface area contributed by atoms with Crippen LogP contribution < -0.4 is 20.1 Å². The van der Waals surface area contributed by atoms with Crippen molar-refractivity contribution in [2.24, 2.45) is 0 Å². The fraction of sp³-hybridized carbons (Fsp3) is 0.207. The van der Waals surface area contributed by atoms with Gasteiger partial charge in [-0.2, -0.15) is 5.26 Å². The van der Waals surface area contributed by atoms with Crippen LogP contribution in [0.15, 0.2) is 72.9 Å². The lowest BCUT2D eigenvalue weighted by Gasteiger charge is -2.16. The fourth-order valence-corrected chi connectivity index (χ4v) is 4.50. The zero-order valence-electron chi connectivity index (χ0n) is 20.6. The van der Waals surface area contributed by atoms with Crippen LogP contribution in [0.3, 0.4) is 0 Å². The van der Waals surface area contributed by atoms with Gasteiger partial charge in [-0.15, -0.1) is 0 Å². The summed E-state index contributed by atoms with van der Waals surface area (Å²) in [6.07, 6.45) is 4.08. The number of pyridine rings is 1. The van der Waals surface area contributed by atoms with E-state index in [0.717, 1.165) is 19.6 Å². The number of likely N-dealkylation sites (tertiary alicyclic amines) is 1. The van der Waals surface area contributed by atoms with Gasteiger partial charge in [0.25, 0.3) is 0 Å². The molecule has 0 atom stereocenters. The first kappa shape index (κ1) is 25.3. The van der Waals surface area contributed by atoms with Crippen molar-refractivity contribution in [3.05, 3.63) is 83.5 Å². The lowest BCUT2D eigenvalue weighted by molar-refractivity contribution is 0.237. The molecule has 1 fully saturated rings. The minimum absolute atomic E-state index is 0.364. The second-order valence-corrected chi connectivity index (χ2v) is 9.28. The van der Waals surface area contributed by atoms with Crippen molar-refractivity contribution in [1.82, 2.24) is 9.88 Å². The Bertz CT molecular complexity index is 1480. The third-order valence-corrected chi connectivity index (χ3v) is 6.56. The normalized spacial score (nSPS) is 13.2. The molecule has 0 bridgehead atoms. The number of nitrogens with zero attached hydrogens (tertiary/aromatic N) is 3. The molecule has 1 aliphatic heterocycles. The first-order valence-electron chi connectivity index (χ1n) is 12.4. The molecule has 1 aromatic heterocycles. The molecule has 3 aromatic carbocycles. The summed E-state index contributed by atoms with van der Waals surface area (Å²) in [5.41, 5.74) is 2.10. The smallest absolute Gasteiger partial charge is 0.323 e. The van der Waals surface area contributed by atoms with Crippen LogP contribution in [0.25, 0.3) is 10.9 Å². The standard InChI is InChI=1S/C29H26ClN5O3/c30-24-9-8-22(17-26(24)34-29(36)33-21-6-2-1-3-7-21)38-27-10-11-32-25-18-28(20(19-31)16-23(25)27)37-15-14-35-12-4-5-13-35/h1-3,6-11,16-18H,4-5,12-15H2,(H2,33,34,36). The molecule has 0 unspecified atom stereocenters. The lowest BCUT2D eigenvalue weighted by atomic mass is 10.1. The number of benzene rings is 3. The van der Waals surface area contributed by atoms with Crippen molar-refractivity contribution in [2.45, 2.75) is 12.8 Å². The highest BCUT2D eigenvalue weighted by atomic mass is 35.5. The van der Waals surface area contributed by atoms with Gasteiger partial charge in [-0.25, -0.2) is 4.79 Å². The quantitative estimate of drug-likeness (QED) is 0.265. The average Bonchev–Trinajstić information content (AvgIpc) is 3.44. The van der Waals surface area contributed by atoms with Crippen LogP contribution in [0, 0.1) is 11.3 Å². The Morgan fingerprint density at radius 2 is 1.84 bits per heavy atom. The molecule has 9 heteroatoms. The fourth-order valence-electron chi connectivity index (χ4n) is 4.33. The molecule has 2 amide bonds. The molecular formula is C29H26ClN5O3. The number of fused-ring (bicyclic) bond motifs is 1. The summed E-state index contributed by atoms with van der Waals surface area (Å²) in [6, 6.07) is 21.1. The van der Waals surface area contributed by atoms with E-state index in [1.54, 1.807) is 54.7 Å². The number of amides is 2. The number of nitriles is 1. The summed E-state index contributed by atoms with van der Waals surface area (Å²) in [6.45, 7) is 3.52. The third-order valence-electron chi connectivity index (χ3n) is 6.23. The van der Waals surface area contributed by atoms with E-state index in [2.05, 4.69) is 26.6 Å². The van der Waals surface area contributed by atoms with Gasteiger partial charge in [0, 0.05) is 35.9 Å². The lowest BCUT2D eigenvalue weighted by Crippen LogP contribution is -2.25. The van der Waals surface area contributed by atoms with Crippen LogP contribution in [0.2, 0.25) is 5.02 Å². The molecule has 2 N–H and O–H groups in total. The molecule has 1 aliphatic rings. The van der Waals surface area contributed by atoms with E-state index < -0.39 is 6.03 Å². The molecule has 4 aromatic rings. The zero-order chi connectivity index (χ0) is 26.3. The number of urea groups is 1. The Morgan fingerprint density at radius 1 is 1.03 bits per heavy atom. The highest BCUT2D eigenvalue weighted by Gasteiger charge is 2.15. The molecule has 0 saturated carbocycles. The first-order valence-corrected chi connectivity index (χ1v) is 12.8. The number of anilines is 2. The van der Waals surface area contributed by atoms with E-state index in [-0.39, 0.29) is 0 Å². The second kappa shape index (κ2) is 11.8. The predicted molar refractivity (Wildman–Crippen MR) is 148 cm³/mol. The van der Waals surface area contributed by atoms with Gasteiger partial charge in [-0.1, -0.05) is 29.8 Å². The summed E-state index contributed by atoms with van der Waals surface area (Å²) in [7, 11) is 0. The number of para-hydroxylation sites is 1. The van der Waals surface area contributed by atoms with E-state index in [4.69, 9.17) is 21.1 Å². The van der Waals surface area contributed by atoms with Crippen molar-refractivity contribution < 1.29 is 14.3 Å². The topological polar surface area (TPSA) is 99.5 Å². The monoisotopic (exact) mass is 527 g/mol. The molecule has 5 rings (SSSR count). The van der Waals surface area contributed by atoms with Crippen molar-refractivity contribution in [2.75, 3.05) is 36.9 Å². The van der Waals surface area contributed by atoms with Gasteiger partial charge >= 0.3 is 6.03 Å².